The van der Waals surface area contributed by atoms with Gasteiger partial charge in [-0.05, 0) is 18.2 Å². The molecule has 0 aliphatic heterocycles. The molecule has 0 saturated carbocycles. The fourth-order valence-corrected chi connectivity index (χ4v) is 2.12. The molecule has 0 radical (unpaired) electrons. The third-order valence-electron chi connectivity index (χ3n) is 3.37. The summed E-state index contributed by atoms with van der Waals surface area (Å²) in [6.45, 7) is -0.0773. The zero-order valence-corrected chi connectivity index (χ0v) is 16.2. The average Bonchev–Trinajstić information content (AvgIpc) is 2.60. The Bertz CT molecular complexity index is 728. The molecule has 0 aliphatic carbocycles. The maximum atomic E-state index is 13.6. The normalized spacial score (nSPS) is 12.1. The lowest BCUT2D eigenvalue weighted by molar-refractivity contribution is 0.182. The van der Waals surface area contributed by atoms with Crippen molar-refractivity contribution < 1.29 is 19.0 Å². The number of nitrogens with two attached hydrogens (primary N) is 1. The van der Waals surface area contributed by atoms with E-state index in [9.17, 15) is 9.50 Å². The van der Waals surface area contributed by atoms with Crippen molar-refractivity contribution in [3.8, 4) is 11.5 Å². The van der Waals surface area contributed by atoms with Gasteiger partial charge < -0.3 is 25.6 Å². The molecule has 0 saturated heterocycles. The Kier molecular flexibility index (Phi) is 8.42. The summed E-state index contributed by atoms with van der Waals surface area (Å²) in [5.41, 5.74) is 6.57. The highest BCUT2D eigenvalue weighted by Crippen LogP contribution is 2.28. The van der Waals surface area contributed by atoms with Crippen LogP contribution in [0.15, 0.2) is 47.5 Å². The molecule has 0 heterocycles. The van der Waals surface area contributed by atoms with Crippen molar-refractivity contribution >= 4 is 35.6 Å². The number of ether oxygens (including phenoxy) is 2. The van der Waals surface area contributed by atoms with Gasteiger partial charge in [0.15, 0.2) is 5.96 Å². The maximum absolute atomic E-state index is 13.6. The Hall–Kier alpha value is -2.07. The van der Waals surface area contributed by atoms with Gasteiger partial charge >= 0.3 is 0 Å². The minimum absolute atomic E-state index is 0. The van der Waals surface area contributed by atoms with Crippen LogP contribution in [0.2, 0.25) is 0 Å². The molecular weight excluding hydrogens is 440 g/mol. The first-order valence-corrected chi connectivity index (χ1v) is 7.26. The number of aliphatic hydroxyl groups is 1. The van der Waals surface area contributed by atoms with Gasteiger partial charge in [-0.3, -0.25) is 4.99 Å². The zero-order chi connectivity index (χ0) is 17.5. The summed E-state index contributed by atoms with van der Waals surface area (Å²) >= 11 is 0. The highest BCUT2D eigenvalue weighted by atomic mass is 127. The lowest BCUT2D eigenvalue weighted by Crippen LogP contribution is -2.24. The lowest BCUT2D eigenvalue weighted by Gasteiger charge is -2.13. The van der Waals surface area contributed by atoms with Crippen LogP contribution in [0.1, 0.15) is 11.7 Å². The van der Waals surface area contributed by atoms with Crippen LogP contribution in [0, 0.1) is 5.82 Å². The highest BCUT2D eigenvalue weighted by Gasteiger charge is 2.12. The molecule has 0 amide bonds. The number of nitrogens with one attached hydrogen (secondary N) is 1. The number of aliphatic hydroxyl groups excluding tert-OH is 1. The molecule has 0 aliphatic rings. The third-order valence-corrected chi connectivity index (χ3v) is 3.37. The smallest absolute Gasteiger partial charge is 0.193 e. The molecule has 1 unspecified atom stereocenters. The van der Waals surface area contributed by atoms with Gasteiger partial charge in [0.2, 0.25) is 0 Å². The molecule has 25 heavy (non-hydrogen) atoms. The number of guanidine groups is 1. The fourth-order valence-electron chi connectivity index (χ4n) is 2.12. The zero-order valence-electron chi connectivity index (χ0n) is 13.9. The number of nitrogens with zero attached hydrogens (tertiary/aromatic N) is 1. The highest BCUT2D eigenvalue weighted by molar-refractivity contribution is 14.0. The van der Waals surface area contributed by atoms with Gasteiger partial charge in [0, 0.05) is 11.6 Å². The van der Waals surface area contributed by atoms with E-state index in [2.05, 4.69) is 10.3 Å². The van der Waals surface area contributed by atoms with Crippen molar-refractivity contribution in [3.63, 3.8) is 0 Å². The van der Waals surface area contributed by atoms with Crippen LogP contribution in [0.3, 0.4) is 0 Å². The largest absolute Gasteiger partial charge is 0.497 e. The molecule has 6 nitrogen and oxygen atoms in total. The van der Waals surface area contributed by atoms with Gasteiger partial charge in [0.05, 0.1) is 26.5 Å². The number of anilines is 1. The monoisotopic (exact) mass is 461 g/mol. The van der Waals surface area contributed by atoms with Crippen molar-refractivity contribution in [2.75, 3.05) is 26.1 Å². The number of methoxy groups -OCH3 is 2. The second kappa shape index (κ2) is 10.0. The summed E-state index contributed by atoms with van der Waals surface area (Å²) in [7, 11) is 3.08. The predicted molar refractivity (Wildman–Crippen MR) is 106 cm³/mol. The van der Waals surface area contributed by atoms with Crippen molar-refractivity contribution in [1.82, 2.24) is 0 Å². The summed E-state index contributed by atoms with van der Waals surface area (Å²) in [6, 6.07) is 11.2. The first-order chi connectivity index (χ1) is 11.5. The number of benzene rings is 2. The molecule has 1 atom stereocenters. The molecule has 0 bridgehead atoms. The van der Waals surface area contributed by atoms with Gasteiger partial charge in [-0.25, -0.2) is 4.39 Å². The van der Waals surface area contributed by atoms with E-state index in [0.717, 1.165) is 0 Å². The van der Waals surface area contributed by atoms with E-state index in [0.29, 0.717) is 17.2 Å². The third kappa shape index (κ3) is 5.75. The van der Waals surface area contributed by atoms with E-state index in [4.69, 9.17) is 15.2 Å². The lowest BCUT2D eigenvalue weighted by atomic mass is 10.1. The van der Waals surface area contributed by atoms with Crippen molar-refractivity contribution in [2.24, 2.45) is 10.7 Å². The minimum atomic E-state index is -1.08. The number of hydrogen-bond donors (Lipinski definition) is 3. The molecule has 2 aromatic rings. The van der Waals surface area contributed by atoms with Crippen LogP contribution in [0.4, 0.5) is 10.1 Å². The van der Waals surface area contributed by atoms with Crippen LogP contribution in [-0.2, 0) is 0 Å². The Balaban J connectivity index is 0.00000312. The molecule has 0 spiro atoms. The van der Waals surface area contributed by atoms with E-state index < -0.39 is 11.9 Å². The van der Waals surface area contributed by atoms with E-state index >= 15 is 0 Å². The quantitative estimate of drug-likeness (QED) is 0.350. The summed E-state index contributed by atoms with van der Waals surface area (Å²) in [5, 5.41) is 12.9. The molecule has 2 rings (SSSR count). The predicted octanol–water partition coefficient (Wildman–Crippen LogP) is 2.92. The molecular formula is C17H21FIN3O3. The Morgan fingerprint density at radius 3 is 2.60 bits per heavy atom. The summed E-state index contributed by atoms with van der Waals surface area (Å²) in [6.07, 6.45) is -1.08. The topological polar surface area (TPSA) is 89.1 Å². The number of aliphatic imine (C=N–C) groups is 1. The number of halogens is 2. The van der Waals surface area contributed by atoms with E-state index in [1.807, 2.05) is 0 Å². The first kappa shape index (κ1) is 21.0. The van der Waals surface area contributed by atoms with E-state index in [-0.39, 0.29) is 42.0 Å². The van der Waals surface area contributed by atoms with Crippen LogP contribution in [0.25, 0.3) is 0 Å². The van der Waals surface area contributed by atoms with Crippen molar-refractivity contribution in [3.05, 3.63) is 53.8 Å². The summed E-state index contributed by atoms with van der Waals surface area (Å²) in [4.78, 5) is 4.04. The molecule has 0 aromatic heterocycles. The standard InChI is InChI=1S/C17H20FN3O3.HI/c1-23-11-7-8-16(24-2)14(9-11)21-17(19)20-10-15(22)12-5-3-4-6-13(12)18;/h3-9,15,22H,10H2,1-2H3,(H3,19,20,21);1H. The maximum Gasteiger partial charge on any atom is 0.193 e. The summed E-state index contributed by atoms with van der Waals surface area (Å²) in [5.74, 6) is 0.763. The second-order valence-electron chi connectivity index (χ2n) is 4.95. The molecule has 2 aromatic carbocycles. The van der Waals surface area contributed by atoms with Crippen LogP contribution >= 0.6 is 24.0 Å². The Morgan fingerprint density at radius 2 is 1.96 bits per heavy atom. The Labute approximate surface area is 162 Å². The van der Waals surface area contributed by atoms with Crippen LogP contribution < -0.4 is 20.5 Å². The van der Waals surface area contributed by atoms with Crippen LogP contribution in [0.5, 0.6) is 11.5 Å². The SMILES string of the molecule is COc1ccc(OC)c(NC(N)=NCC(O)c2ccccc2F)c1.I. The van der Waals surface area contributed by atoms with Gasteiger partial charge in [-0.15, -0.1) is 24.0 Å². The van der Waals surface area contributed by atoms with E-state index in [1.54, 1.807) is 37.4 Å². The Morgan fingerprint density at radius 1 is 1.24 bits per heavy atom. The molecule has 4 N–H and O–H groups in total. The second-order valence-corrected chi connectivity index (χ2v) is 4.95. The van der Waals surface area contributed by atoms with E-state index in [1.165, 1.54) is 19.2 Å². The van der Waals surface area contributed by atoms with Crippen molar-refractivity contribution in [1.29, 1.82) is 0 Å². The van der Waals surface area contributed by atoms with Gasteiger partial charge in [-0.1, -0.05) is 18.2 Å². The van der Waals surface area contributed by atoms with Crippen LogP contribution in [-0.4, -0.2) is 31.8 Å². The molecule has 136 valence electrons. The average molecular weight is 461 g/mol. The first-order valence-electron chi connectivity index (χ1n) is 7.26. The fraction of sp³-hybridized carbons (Fsp3) is 0.235. The molecule has 8 heteroatoms. The number of hydrogen-bond acceptors (Lipinski definition) is 4. The summed E-state index contributed by atoms with van der Waals surface area (Å²) < 4.78 is 24.0. The van der Waals surface area contributed by atoms with Gasteiger partial charge in [-0.2, -0.15) is 0 Å². The van der Waals surface area contributed by atoms with Gasteiger partial charge in [0.1, 0.15) is 23.4 Å². The molecule has 0 fully saturated rings. The number of rotatable bonds is 6. The minimum Gasteiger partial charge on any atom is -0.497 e. The van der Waals surface area contributed by atoms with Crippen molar-refractivity contribution in [2.45, 2.75) is 6.10 Å². The van der Waals surface area contributed by atoms with Gasteiger partial charge in [0.25, 0.3) is 0 Å².